The molecule has 1 amide bonds. The maximum absolute atomic E-state index is 12.6. The largest absolute Gasteiger partial charge is 0.284 e. The summed E-state index contributed by atoms with van der Waals surface area (Å²) in [5, 5.41) is 0.917. The smallest absolute Gasteiger partial charge is 0.277 e. The van der Waals surface area contributed by atoms with Gasteiger partial charge in [-0.3, -0.25) is 9.63 Å². The minimum absolute atomic E-state index is 0.0369. The van der Waals surface area contributed by atoms with Gasteiger partial charge >= 0.3 is 0 Å². The van der Waals surface area contributed by atoms with Gasteiger partial charge in [-0.05, 0) is 46.2 Å². The maximum atomic E-state index is 12.6. The van der Waals surface area contributed by atoms with E-state index in [-0.39, 0.29) is 22.8 Å². The van der Waals surface area contributed by atoms with Crippen LogP contribution in [0.2, 0.25) is 0 Å². The van der Waals surface area contributed by atoms with Crippen molar-refractivity contribution in [3.8, 4) is 0 Å². The Morgan fingerprint density at radius 2 is 1.76 bits per heavy atom. The highest BCUT2D eigenvalue weighted by molar-refractivity contribution is 7.89. The fraction of sp³-hybridized carbons (Fsp3) is 0.286. The van der Waals surface area contributed by atoms with E-state index < -0.39 is 10.0 Å². The van der Waals surface area contributed by atoms with Crippen LogP contribution in [-0.4, -0.2) is 21.4 Å². The molecule has 0 aliphatic rings. The fourth-order valence-corrected chi connectivity index (χ4v) is 4.87. The number of nitrogens with one attached hydrogen (secondary N) is 2. The van der Waals surface area contributed by atoms with Gasteiger partial charge in [-0.2, -0.15) is 0 Å². The Morgan fingerprint density at radius 3 is 2.38 bits per heavy atom. The number of thiophene rings is 1. The zero-order chi connectivity index (χ0) is 21.2. The van der Waals surface area contributed by atoms with Crippen molar-refractivity contribution in [2.24, 2.45) is 0 Å². The van der Waals surface area contributed by atoms with Crippen LogP contribution in [-0.2, 0) is 26.8 Å². The summed E-state index contributed by atoms with van der Waals surface area (Å²) >= 11 is 1.32. The van der Waals surface area contributed by atoms with Crippen molar-refractivity contribution in [3.63, 3.8) is 0 Å². The summed E-state index contributed by atoms with van der Waals surface area (Å²) in [5.74, 6) is -0.311. The molecule has 6 nitrogen and oxygen atoms in total. The molecule has 0 atom stereocenters. The van der Waals surface area contributed by atoms with Crippen LogP contribution >= 0.6 is 11.3 Å². The molecule has 29 heavy (non-hydrogen) atoms. The highest BCUT2D eigenvalue weighted by atomic mass is 32.2. The Balaban J connectivity index is 1.74. The Labute approximate surface area is 174 Å². The van der Waals surface area contributed by atoms with Crippen LogP contribution in [0, 0.1) is 0 Å². The first-order valence-electron chi connectivity index (χ1n) is 9.06. The number of hydroxylamine groups is 1. The number of sulfonamides is 1. The van der Waals surface area contributed by atoms with Crippen LogP contribution in [0.3, 0.4) is 0 Å². The van der Waals surface area contributed by atoms with E-state index in [2.05, 4.69) is 35.8 Å². The summed E-state index contributed by atoms with van der Waals surface area (Å²) < 4.78 is 28.8. The van der Waals surface area contributed by atoms with Crippen molar-refractivity contribution >= 4 is 37.4 Å². The first kappa shape index (κ1) is 21.4. The lowest BCUT2D eigenvalue weighted by molar-refractivity contribution is 0.0542. The van der Waals surface area contributed by atoms with Crippen molar-refractivity contribution < 1.29 is 18.0 Å². The molecular weight excluding hydrogens is 408 g/mol. The van der Waals surface area contributed by atoms with Crippen molar-refractivity contribution in [1.82, 2.24) is 10.2 Å². The predicted octanol–water partition coefficient (Wildman–Crippen LogP) is 3.97. The van der Waals surface area contributed by atoms with E-state index in [1.807, 2.05) is 30.3 Å². The molecule has 1 aromatic heterocycles. The third-order valence-corrected chi connectivity index (χ3v) is 7.01. The number of carbonyl (C=O) groups excluding carboxylic acids is 1. The van der Waals surface area contributed by atoms with Gasteiger partial charge in [-0.1, -0.05) is 45.0 Å². The number of rotatable bonds is 6. The molecule has 1 heterocycles. The monoisotopic (exact) mass is 432 g/mol. The fourth-order valence-electron chi connectivity index (χ4n) is 2.84. The lowest BCUT2D eigenvalue weighted by Gasteiger charge is -2.19. The van der Waals surface area contributed by atoms with Crippen LogP contribution in [0.15, 0.2) is 53.4 Å². The van der Waals surface area contributed by atoms with E-state index in [0.29, 0.717) is 4.88 Å². The van der Waals surface area contributed by atoms with E-state index in [1.54, 1.807) is 18.2 Å². The second-order valence-corrected chi connectivity index (χ2v) is 10.6. The predicted molar refractivity (Wildman–Crippen MR) is 115 cm³/mol. The molecule has 3 aromatic rings. The maximum Gasteiger partial charge on any atom is 0.284 e. The molecule has 0 bridgehead atoms. The number of fused-ring (bicyclic) bond motifs is 1. The summed E-state index contributed by atoms with van der Waals surface area (Å²) in [7, 11) is -2.24. The van der Waals surface area contributed by atoms with Gasteiger partial charge in [-0.15, -0.1) is 11.3 Å². The lowest BCUT2D eigenvalue weighted by atomic mass is 9.87. The highest BCUT2D eigenvalue weighted by Crippen LogP contribution is 2.27. The van der Waals surface area contributed by atoms with Crippen LogP contribution < -0.4 is 10.2 Å². The van der Waals surface area contributed by atoms with Gasteiger partial charge in [0, 0.05) is 11.2 Å². The molecule has 0 fully saturated rings. The summed E-state index contributed by atoms with van der Waals surface area (Å²) in [5.41, 5.74) is 4.15. The van der Waals surface area contributed by atoms with E-state index in [4.69, 9.17) is 0 Å². The van der Waals surface area contributed by atoms with Gasteiger partial charge in [0.25, 0.3) is 5.91 Å². The van der Waals surface area contributed by atoms with E-state index in [1.165, 1.54) is 18.4 Å². The average Bonchev–Trinajstić information content (AvgIpc) is 3.09. The second-order valence-electron chi connectivity index (χ2n) is 7.72. The summed E-state index contributed by atoms with van der Waals surface area (Å²) in [6.07, 6.45) is 0. The SMILES string of the molecule is CONC(=O)c1cc2ccc(CNS(=O)(=O)c3ccc(C(C)(C)C)cc3)cc2s1. The molecule has 0 saturated heterocycles. The Bertz CT molecular complexity index is 1130. The molecule has 2 N–H and O–H groups in total. The Hall–Kier alpha value is -2.26. The van der Waals surface area contributed by atoms with Gasteiger partial charge < -0.3 is 0 Å². The second kappa shape index (κ2) is 8.23. The molecule has 0 radical (unpaired) electrons. The molecule has 0 saturated carbocycles. The first-order valence-corrected chi connectivity index (χ1v) is 11.4. The van der Waals surface area contributed by atoms with Crippen LogP contribution in [0.25, 0.3) is 10.1 Å². The number of carbonyl (C=O) groups is 1. The van der Waals surface area contributed by atoms with Crippen molar-refractivity contribution in [1.29, 1.82) is 0 Å². The number of hydrogen-bond donors (Lipinski definition) is 2. The molecule has 0 spiro atoms. The van der Waals surface area contributed by atoms with Gasteiger partial charge in [0.05, 0.1) is 16.9 Å². The standard InChI is InChI=1S/C21H24N2O4S2/c1-21(2,3)16-7-9-17(10-8-16)29(25,26)22-13-14-5-6-15-12-19(20(24)23-27-4)28-18(15)11-14/h5-12,22H,13H2,1-4H3,(H,23,24). The number of benzene rings is 2. The van der Waals surface area contributed by atoms with Crippen molar-refractivity contribution in [2.45, 2.75) is 37.6 Å². The van der Waals surface area contributed by atoms with Crippen LogP contribution in [0.4, 0.5) is 0 Å². The topological polar surface area (TPSA) is 84.5 Å². The number of amides is 1. The molecule has 8 heteroatoms. The number of hydrogen-bond acceptors (Lipinski definition) is 5. The van der Waals surface area contributed by atoms with Crippen molar-refractivity contribution in [3.05, 3.63) is 64.5 Å². The summed E-state index contributed by atoms with van der Waals surface area (Å²) in [4.78, 5) is 17.3. The first-order chi connectivity index (χ1) is 13.6. The van der Waals surface area contributed by atoms with Gasteiger partial charge in [0.2, 0.25) is 10.0 Å². The third kappa shape index (κ3) is 5.02. The minimum atomic E-state index is -3.62. The summed E-state index contributed by atoms with van der Waals surface area (Å²) in [6.45, 7) is 6.41. The average molecular weight is 433 g/mol. The van der Waals surface area contributed by atoms with Gasteiger partial charge in [-0.25, -0.2) is 18.6 Å². The highest BCUT2D eigenvalue weighted by Gasteiger charge is 2.18. The lowest BCUT2D eigenvalue weighted by Crippen LogP contribution is -2.23. The van der Waals surface area contributed by atoms with E-state index in [9.17, 15) is 13.2 Å². The van der Waals surface area contributed by atoms with E-state index >= 15 is 0 Å². The Morgan fingerprint density at radius 1 is 1.07 bits per heavy atom. The molecule has 0 unspecified atom stereocenters. The molecule has 0 aliphatic carbocycles. The normalized spacial score (nSPS) is 12.3. The quantitative estimate of drug-likeness (QED) is 0.577. The zero-order valence-corrected chi connectivity index (χ0v) is 18.4. The zero-order valence-electron chi connectivity index (χ0n) is 16.8. The molecule has 154 valence electrons. The van der Waals surface area contributed by atoms with Gasteiger partial charge in [0.15, 0.2) is 0 Å². The molecule has 3 rings (SSSR count). The summed E-state index contributed by atoms with van der Waals surface area (Å²) in [6, 6.07) is 14.3. The molecular formula is C21H24N2O4S2. The van der Waals surface area contributed by atoms with Gasteiger partial charge in [0.1, 0.15) is 0 Å². The third-order valence-electron chi connectivity index (χ3n) is 4.50. The van der Waals surface area contributed by atoms with Crippen molar-refractivity contribution in [2.75, 3.05) is 7.11 Å². The van der Waals surface area contributed by atoms with Crippen LogP contribution in [0.5, 0.6) is 0 Å². The van der Waals surface area contributed by atoms with E-state index in [0.717, 1.165) is 21.2 Å². The molecule has 0 aliphatic heterocycles. The molecule has 2 aromatic carbocycles. The Kier molecular flexibility index (Phi) is 6.09. The minimum Gasteiger partial charge on any atom is -0.277 e. The van der Waals surface area contributed by atoms with Crippen LogP contribution in [0.1, 0.15) is 41.6 Å².